The van der Waals surface area contributed by atoms with E-state index >= 15 is 0 Å². The number of rotatable bonds is 3. The summed E-state index contributed by atoms with van der Waals surface area (Å²) in [5.74, 6) is 1.26. The summed E-state index contributed by atoms with van der Waals surface area (Å²) < 4.78 is 0. The molecular formula is C14H22N4O. The second-order valence-corrected chi connectivity index (χ2v) is 6.21. The fraction of sp³-hybridized carbons (Fsp3) is 0.643. The van der Waals surface area contributed by atoms with Crippen LogP contribution in [0.1, 0.15) is 45.9 Å². The number of nitrogens with one attached hydrogen (secondary N) is 1. The Balaban J connectivity index is 2.13. The Morgan fingerprint density at radius 3 is 2.79 bits per heavy atom. The van der Waals surface area contributed by atoms with Gasteiger partial charge < -0.3 is 11.1 Å². The minimum Gasteiger partial charge on any atom is -0.369 e. The number of aromatic nitrogens is 2. The van der Waals surface area contributed by atoms with Gasteiger partial charge in [0.15, 0.2) is 0 Å². The zero-order valence-electron chi connectivity index (χ0n) is 11.8. The lowest BCUT2D eigenvalue weighted by atomic mass is 9.96. The fourth-order valence-electron chi connectivity index (χ4n) is 2.46. The van der Waals surface area contributed by atoms with E-state index in [0.29, 0.717) is 0 Å². The summed E-state index contributed by atoms with van der Waals surface area (Å²) >= 11 is 0. The predicted octanol–water partition coefficient (Wildman–Crippen LogP) is 1.84. The van der Waals surface area contributed by atoms with Gasteiger partial charge in [0.05, 0.1) is 5.92 Å². The van der Waals surface area contributed by atoms with E-state index in [1.54, 1.807) is 6.20 Å². The number of nitrogens with two attached hydrogens (primary N) is 1. The Morgan fingerprint density at radius 1 is 1.42 bits per heavy atom. The maximum atomic E-state index is 11.4. The van der Waals surface area contributed by atoms with Crippen LogP contribution in [0.4, 0.5) is 5.82 Å². The molecule has 0 saturated heterocycles. The molecule has 1 aromatic rings. The SMILES string of the molecule is CC(C)(C)c1nccc(N[C@H]2CCC[C@@H]2C(N)=O)n1. The van der Waals surface area contributed by atoms with Gasteiger partial charge in [-0.15, -0.1) is 0 Å². The van der Waals surface area contributed by atoms with Crippen LogP contribution in [-0.4, -0.2) is 21.9 Å². The van der Waals surface area contributed by atoms with Crippen molar-refractivity contribution in [2.75, 3.05) is 5.32 Å². The molecule has 104 valence electrons. The molecule has 5 heteroatoms. The summed E-state index contributed by atoms with van der Waals surface area (Å²) in [6, 6.07) is 1.94. The normalized spacial score (nSPS) is 23.3. The number of nitrogens with zero attached hydrogens (tertiary/aromatic N) is 2. The van der Waals surface area contributed by atoms with E-state index in [9.17, 15) is 4.79 Å². The minimum atomic E-state index is -0.222. The van der Waals surface area contributed by atoms with E-state index in [1.807, 2.05) is 6.07 Å². The average Bonchev–Trinajstić information content (AvgIpc) is 2.76. The van der Waals surface area contributed by atoms with Crippen molar-refractivity contribution in [2.45, 2.75) is 51.5 Å². The number of anilines is 1. The van der Waals surface area contributed by atoms with Crippen LogP contribution in [0.2, 0.25) is 0 Å². The van der Waals surface area contributed by atoms with Crippen molar-refractivity contribution in [1.82, 2.24) is 9.97 Å². The molecule has 1 amide bonds. The van der Waals surface area contributed by atoms with Gasteiger partial charge in [-0.05, 0) is 18.9 Å². The number of carbonyl (C=O) groups excluding carboxylic acids is 1. The molecule has 2 rings (SSSR count). The van der Waals surface area contributed by atoms with Gasteiger partial charge in [0.1, 0.15) is 11.6 Å². The van der Waals surface area contributed by atoms with Crippen LogP contribution in [-0.2, 0) is 10.2 Å². The molecule has 5 nitrogen and oxygen atoms in total. The smallest absolute Gasteiger partial charge is 0.222 e. The highest BCUT2D eigenvalue weighted by atomic mass is 16.1. The summed E-state index contributed by atoms with van der Waals surface area (Å²) in [7, 11) is 0. The highest BCUT2D eigenvalue weighted by molar-refractivity contribution is 5.78. The monoisotopic (exact) mass is 262 g/mol. The lowest BCUT2D eigenvalue weighted by Crippen LogP contribution is -2.34. The lowest BCUT2D eigenvalue weighted by Gasteiger charge is -2.21. The van der Waals surface area contributed by atoms with E-state index in [1.165, 1.54) is 0 Å². The molecular weight excluding hydrogens is 240 g/mol. The van der Waals surface area contributed by atoms with Gasteiger partial charge in [-0.25, -0.2) is 9.97 Å². The van der Waals surface area contributed by atoms with Crippen LogP contribution >= 0.6 is 0 Å². The van der Waals surface area contributed by atoms with Crippen LogP contribution in [0.3, 0.4) is 0 Å². The Bertz CT molecular complexity index is 467. The van der Waals surface area contributed by atoms with Gasteiger partial charge in [0.2, 0.25) is 5.91 Å². The Kier molecular flexibility index (Phi) is 3.73. The third-order valence-corrected chi connectivity index (χ3v) is 3.54. The van der Waals surface area contributed by atoms with Crippen LogP contribution in [0.5, 0.6) is 0 Å². The van der Waals surface area contributed by atoms with E-state index in [4.69, 9.17) is 5.73 Å². The molecule has 2 atom stereocenters. The minimum absolute atomic E-state index is 0.0869. The standard InChI is InChI=1S/C14H22N4O/c1-14(2,3)13-16-8-7-11(18-13)17-10-6-4-5-9(10)12(15)19/h7-10H,4-6H2,1-3H3,(H2,15,19)(H,16,17,18)/t9-,10-/m0/s1. The third-order valence-electron chi connectivity index (χ3n) is 3.54. The van der Waals surface area contributed by atoms with Crippen LogP contribution in [0.15, 0.2) is 12.3 Å². The first kappa shape index (κ1) is 13.8. The number of hydrogen-bond acceptors (Lipinski definition) is 4. The molecule has 0 aliphatic heterocycles. The molecule has 1 heterocycles. The predicted molar refractivity (Wildman–Crippen MR) is 74.7 cm³/mol. The average molecular weight is 262 g/mol. The quantitative estimate of drug-likeness (QED) is 0.871. The molecule has 19 heavy (non-hydrogen) atoms. The molecule has 1 aliphatic carbocycles. The Labute approximate surface area is 114 Å². The maximum absolute atomic E-state index is 11.4. The molecule has 1 saturated carbocycles. The molecule has 0 unspecified atom stereocenters. The molecule has 0 radical (unpaired) electrons. The van der Waals surface area contributed by atoms with Crippen molar-refractivity contribution >= 4 is 11.7 Å². The molecule has 3 N–H and O–H groups in total. The molecule has 0 bridgehead atoms. The van der Waals surface area contributed by atoms with Crippen molar-refractivity contribution < 1.29 is 4.79 Å². The number of primary amides is 1. The first-order chi connectivity index (χ1) is 8.88. The summed E-state index contributed by atoms with van der Waals surface area (Å²) in [6.07, 6.45) is 4.61. The lowest BCUT2D eigenvalue weighted by molar-refractivity contribution is -0.121. The second-order valence-electron chi connectivity index (χ2n) is 6.21. The fourth-order valence-corrected chi connectivity index (χ4v) is 2.46. The van der Waals surface area contributed by atoms with Gasteiger partial charge in [0, 0.05) is 17.7 Å². The highest BCUT2D eigenvalue weighted by Crippen LogP contribution is 2.28. The first-order valence-electron chi connectivity index (χ1n) is 6.77. The first-order valence-corrected chi connectivity index (χ1v) is 6.77. The van der Waals surface area contributed by atoms with Crippen molar-refractivity contribution in [3.63, 3.8) is 0 Å². The van der Waals surface area contributed by atoms with E-state index in [2.05, 4.69) is 36.1 Å². The molecule has 1 aliphatic rings. The highest BCUT2D eigenvalue weighted by Gasteiger charge is 2.31. The molecule has 0 spiro atoms. The summed E-state index contributed by atoms with van der Waals surface area (Å²) in [6.45, 7) is 6.23. The Morgan fingerprint density at radius 2 is 2.16 bits per heavy atom. The van der Waals surface area contributed by atoms with Crippen molar-refractivity contribution in [2.24, 2.45) is 11.7 Å². The maximum Gasteiger partial charge on any atom is 0.222 e. The summed E-state index contributed by atoms with van der Waals surface area (Å²) in [4.78, 5) is 20.2. The number of hydrogen-bond donors (Lipinski definition) is 2. The van der Waals surface area contributed by atoms with E-state index in [0.717, 1.165) is 30.9 Å². The van der Waals surface area contributed by atoms with Crippen molar-refractivity contribution in [1.29, 1.82) is 0 Å². The van der Waals surface area contributed by atoms with Crippen LogP contribution in [0.25, 0.3) is 0 Å². The topological polar surface area (TPSA) is 80.9 Å². The largest absolute Gasteiger partial charge is 0.369 e. The van der Waals surface area contributed by atoms with E-state index < -0.39 is 0 Å². The number of amides is 1. The van der Waals surface area contributed by atoms with Gasteiger partial charge in [-0.3, -0.25) is 4.79 Å². The van der Waals surface area contributed by atoms with Crippen molar-refractivity contribution in [3.8, 4) is 0 Å². The summed E-state index contributed by atoms with van der Waals surface area (Å²) in [5, 5.41) is 3.33. The van der Waals surface area contributed by atoms with Gasteiger partial charge >= 0.3 is 0 Å². The van der Waals surface area contributed by atoms with Crippen LogP contribution in [0, 0.1) is 5.92 Å². The number of carbonyl (C=O) groups is 1. The Hall–Kier alpha value is -1.65. The third kappa shape index (κ3) is 3.22. The molecule has 0 aromatic carbocycles. The molecule has 1 fully saturated rings. The van der Waals surface area contributed by atoms with E-state index in [-0.39, 0.29) is 23.3 Å². The van der Waals surface area contributed by atoms with Gasteiger partial charge in [0.25, 0.3) is 0 Å². The van der Waals surface area contributed by atoms with Gasteiger partial charge in [-0.2, -0.15) is 0 Å². The zero-order valence-corrected chi connectivity index (χ0v) is 11.8. The van der Waals surface area contributed by atoms with Gasteiger partial charge in [-0.1, -0.05) is 27.2 Å². The zero-order chi connectivity index (χ0) is 14.0. The van der Waals surface area contributed by atoms with Crippen LogP contribution < -0.4 is 11.1 Å². The van der Waals surface area contributed by atoms with Crippen molar-refractivity contribution in [3.05, 3.63) is 18.1 Å². The second kappa shape index (κ2) is 5.15. The molecule has 1 aromatic heterocycles. The summed E-state index contributed by atoms with van der Waals surface area (Å²) in [5.41, 5.74) is 5.34.